The summed E-state index contributed by atoms with van der Waals surface area (Å²) in [6.45, 7) is 3.71. The molecule has 4 heterocycles. The molecular weight excluding hydrogens is 380 g/mol. The van der Waals surface area contributed by atoms with Gasteiger partial charge in [0.15, 0.2) is 5.65 Å². The number of imidazole rings is 1. The van der Waals surface area contributed by atoms with Crippen molar-refractivity contribution >= 4 is 43.1 Å². The number of pyridine rings is 1. The largest absolute Gasteiger partial charge is 0.334 e. The SMILES string of the molecule is Cc1ccn2ccnc2c1-n1c(=O)[nH]c2sc(Br)c(C)c2c1=O. The number of fused-ring (bicyclic) bond motifs is 2. The maximum absolute atomic E-state index is 13.0. The zero-order chi connectivity index (χ0) is 16.3. The molecule has 0 aliphatic heterocycles. The van der Waals surface area contributed by atoms with E-state index < -0.39 is 5.69 Å². The van der Waals surface area contributed by atoms with Gasteiger partial charge in [0.1, 0.15) is 10.5 Å². The maximum atomic E-state index is 13.0. The Labute approximate surface area is 142 Å². The fourth-order valence-electron chi connectivity index (χ4n) is 2.73. The standard InChI is InChI=1S/C15H11BrN4O2S/c1-7-3-5-19-6-4-17-12(19)10(7)20-14(21)9-8(2)11(16)23-13(9)18-15(20)22/h3-6H,1-2H3,(H,18,22). The maximum Gasteiger partial charge on any atom is 0.334 e. The molecule has 0 fully saturated rings. The highest BCUT2D eigenvalue weighted by Gasteiger charge is 2.19. The summed E-state index contributed by atoms with van der Waals surface area (Å²) < 4.78 is 3.80. The lowest BCUT2D eigenvalue weighted by atomic mass is 10.2. The van der Waals surface area contributed by atoms with Gasteiger partial charge < -0.3 is 4.40 Å². The van der Waals surface area contributed by atoms with E-state index in [9.17, 15) is 9.59 Å². The summed E-state index contributed by atoms with van der Waals surface area (Å²) in [6.07, 6.45) is 5.27. The van der Waals surface area contributed by atoms with Gasteiger partial charge in [-0.1, -0.05) is 0 Å². The lowest BCUT2D eigenvalue weighted by Gasteiger charge is -2.10. The third-order valence-corrected chi connectivity index (χ3v) is 5.97. The highest BCUT2D eigenvalue weighted by Crippen LogP contribution is 2.31. The highest BCUT2D eigenvalue weighted by molar-refractivity contribution is 9.11. The Morgan fingerprint density at radius 3 is 2.83 bits per heavy atom. The van der Waals surface area contributed by atoms with Crippen LogP contribution in [0.2, 0.25) is 0 Å². The summed E-state index contributed by atoms with van der Waals surface area (Å²) in [4.78, 5) is 33.2. The zero-order valence-corrected chi connectivity index (χ0v) is 14.7. The molecule has 0 aromatic carbocycles. The van der Waals surface area contributed by atoms with Crippen LogP contribution in [0.3, 0.4) is 0 Å². The number of thiophene rings is 1. The first-order chi connectivity index (χ1) is 11.0. The minimum Gasteiger partial charge on any atom is -0.305 e. The van der Waals surface area contributed by atoms with Gasteiger partial charge in [-0.05, 0) is 47.0 Å². The van der Waals surface area contributed by atoms with E-state index >= 15 is 0 Å². The molecule has 23 heavy (non-hydrogen) atoms. The normalized spacial score (nSPS) is 11.6. The Hall–Kier alpha value is -2.19. The number of aromatic amines is 1. The van der Waals surface area contributed by atoms with E-state index in [2.05, 4.69) is 25.9 Å². The minimum atomic E-state index is -0.463. The van der Waals surface area contributed by atoms with Crippen LogP contribution in [-0.4, -0.2) is 18.9 Å². The van der Waals surface area contributed by atoms with Crippen molar-refractivity contribution < 1.29 is 0 Å². The predicted molar refractivity (Wildman–Crippen MR) is 94.0 cm³/mol. The van der Waals surface area contributed by atoms with E-state index in [1.54, 1.807) is 16.8 Å². The van der Waals surface area contributed by atoms with Crippen LogP contribution < -0.4 is 11.2 Å². The van der Waals surface area contributed by atoms with Crippen LogP contribution in [0, 0.1) is 13.8 Å². The smallest absolute Gasteiger partial charge is 0.305 e. The molecule has 0 saturated carbocycles. The Bertz CT molecular complexity index is 1200. The van der Waals surface area contributed by atoms with E-state index in [1.165, 1.54) is 15.9 Å². The van der Waals surface area contributed by atoms with Crippen molar-refractivity contribution in [1.29, 1.82) is 0 Å². The van der Waals surface area contributed by atoms with E-state index in [4.69, 9.17) is 0 Å². The minimum absolute atomic E-state index is 0.331. The molecule has 1 N–H and O–H groups in total. The Balaban J connectivity index is 2.24. The molecule has 0 amide bonds. The second-order valence-corrected chi connectivity index (χ2v) is 7.62. The number of aryl methyl sites for hydroxylation is 2. The molecule has 116 valence electrons. The van der Waals surface area contributed by atoms with E-state index in [0.29, 0.717) is 21.6 Å². The summed E-state index contributed by atoms with van der Waals surface area (Å²) in [7, 11) is 0. The number of halogens is 1. The van der Waals surface area contributed by atoms with Crippen molar-refractivity contribution in [3.63, 3.8) is 0 Å². The fraction of sp³-hybridized carbons (Fsp3) is 0.133. The number of nitrogens with zero attached hydrogens (tertiary/aromatic N) is 3. The molecule has 4 aromatic rings. The molecule has 4 aromatic heterocycles. The average Bonchev–Trinajstić information content (AvgIpc) is 3.07. The summed E-state index contributed by atoms with van der Waals surface area (Å²) in [5.74, 6) is 0. The molecule has 0 radical (unpaired) electrons. The lowest BCUT2D eigenvalue weighted by molar-refractivity contribution is 0.891. The van der Waals surface area contributed by atoms with E-state index in [0.717, 1.165) is 14.9 Å². The zero-order valence-electron chi connectivity index (χ0n) is 12.3. The number of hydrogen-bond donors (Lipinski definition) is 1. The number of aromatic nitrogens is 4. The van der Waals surface area contributed by atoms with Gasteiger partial charge in [-0.2, -0.15) is 0 Å². The molecule has 4 rings (SSSR count). The van der Waals surface area contributed by atoms with E-state index in [1.807, 2.05) is 26.1 Å². The van der Waals surface area contributed by atoms with Crippen molar-refractivity contribution in [2.75, 3.05) is 0 Å². The Morgan fingerprint density at radius 1 is 1.26 bits per heavy atom. The summed E-state index contributed by atoms with van der Waals surface area (Å²) in [5, 5.41) is 0.523. The van der Waals surface area contributed by atoms with Gasteiger partial charge in [0.2, 0.25) is 0 Å². The van der Waals surface area contributed by atoms with Gasteiger partial charge in [0.25, 0.3) is 5.56 Å². The summed E-state index contributed by atoms with van der Waals surface area (Å²) >= 11 is 4.78. The average molecular weight is 391 g/mol. The first kappa shape index (κ1) is 14.4. The van der Waals surface area contributed by atoms with Gasteiger partial charge >= 0.3 is 5.69 Å². The van der Waals surface area contributed by atoms with Gasteiger partial charge in [0, 0.05) is 18.6 Å². The lowest BCUT2D eigenvalue weighted by Crippen LogP contribution is -2.34. The summed E-state index contributed by atoms with van der Waals surface area (Å²) in [5.41, 5.74) is 1.92. The molecule has 0 aliphatic carbocycles. The Morgan fingerprint density at radius 2 is 2.04 bits per heavy atom. The molecule has 0 aliphatic rings. The molecular formula is C15H11BrN4O2S. The van der Waals surface area contributed by atoms with Crippen molar-refractivity contribution in [2.45, 2.75) is 13.8 Å². The van der Waals surface area contributed by atoms with Crippen LogP contribution in [0.4, 0.5) is 0 Å². The number of rotatable bonds is 1. The van der Waals surface area contributed by atoms with Gasteiger partial charge in [-0.3, -0.25) is 9.78 Å². The topological polar surface area (TPSA) is 72.2 Å². The monoisotopic (exact) mass is 390 g/mol. The first-order valence-corrected chi connectivity index (χ1v) is 8.46. The van der Waals surface area contributed by atoms with Crippen molar-refractivity contribution in [1.82, 2.24) is 18.9 Å². The third-order valence-electron chi connectivity index (χ3n) is 3.89. The van der Waals surface area contributed by atoms with Gasteiger partial charge in [-0.25, -0.2) is 14.3 Å². The summed E-state index contributed by atoms with van der Waals surface area (Å²) in [6, 6.07) is 1.86. The quantitative estimate of drug-likeness (QED) is 0.543. The second kappa shape index (κ2) is 4.90. The first-order valence-electron chi connectivity index (χ1n) is 6.85. The number of nitrogens with one attached hydrogen (secondary N) is 1. The van der Waals surface area contributed by atoms with Crippen LogP contribution in [-0.2, 0) is 0 Å². The molecule has 0 saturated heterocycles. The van der Waals surface area contributed by atoms with Crippen LogP contribution in [0.5, 0.6) is 0 Å². The Kier molecular flexibility index (Phi) is 3.07. The number of hydrogen-bond acceptors (Lipinski definition) is 4. The highest BCUT2D eigenvalue weighted by atomic mass is 79.9. The van der Waals surface area contributed by atoms with Crippen molar-refractivity contribution in [3.8, 4) is 5.69 Å². The van der Waals surface area contributed by atoms with Gasteiger partial charge in [0.05, 0.1) is 9.17 Å². The molecule has 0 spiro atoms. The third kappa shape index (κ3) is 1.95. The van der Waals surface area contributed by atoms with Crippen LogP contribution in [0.15, 0.2) is 38.0 Å². The van der Waals surface area contributed by atoms with Crippen LogP contribution >= 0.6 is 27.3 Å². The fourth-order valence-corrected chi connectivity index (χ4v) is 4.33. The molecule has 0 unspecified atom stereocenters. The van der Waals surface area contributed by atoms with E-state index in [-0.39, 0.29) is 5.56 Å². The molecule has 0 atom stereocenters. The molecule has 0 bridgehead atoms. The second-order valence-electron chi connectivity index (χ2n) is 5.28. The van der Waals surface area contributed by atoms with Crippen LogP contribution in [0.1, 0.15) is 11.1 Å². The van der Waals surface area contributed by atoms with Crippen molar-refractivity contribution in [3.05, 3.63) is 60.4 Å². The molecule has 6 nitrogen and oxygen atoms in total. The molecule has 8 heteroatoms. The van der Waals surface area contributed by atoms with Crippen molar-refractivity contribution in [2.24, 2.45) is 0 Å². The predicted octanol–water partition coefficient (Wildman–Crippen LogP) is 2.77. The van der Waals surface area contributed by atoms with Crippen LogP contribution in [0.25, 0.3) is 21.6 Å². The van der Waals surface area contributed by atoms with Gasteiger partial charge in [-0.15, -0.1) is 11.3 Å². The number of H-pyrrole nitrogens is 1.